The SMILES string of the molecule is Cc1cccc(C)c1CNc1nc(C(=O)N2CC(OCC(C)C)C2)cc2c(C)c(C)[nH]c12. The molecule has 1 saturated heterocycles. The van der Waals surface area contributed by atoms with Crippen LogP contribution < -0.4 is 5.32 Å². The number of pyridine rings is 1. The van der Waals surface area contributed by atoms with E-state index in [2.05, 4.69) is 70.0 Å². The number of nitrogens with one attached hydrogen (secondary N) is 2. The van der Waals surface area contributed by atoms with E-state index in [0.29, 0.717) is 31.2 Å². The van der Waals surface area contributed by atoms with Crippen molar-refractivity contribution in [3.63, 3.8) is 0 Å². The fourth-order valence-corrected chi connectivity index (χ4v) is 4.19. The second kappa shape index (κ2) is 8.94. The molecule has 0 atom stereocenters. The third-order valence-electron chi connectivity index (χ3n) is 6.40. The van der Waals surface area contributed by atoms with E-state index < -0.39 is 0 Å². The lowest BCUT2D eigenvalue weighted by Gasteiger charge is -2.39. The summed E-state index contributed by atoms with van der Waals surface area (Å²) in [5.74, 6) is 1.18. The molecule has 4 rings (SSSR count). The Morgan fingerprint density at radius 2 is 1.91 bits per heavy atom. The Bertz CT molecular complexity index is 1120. The Kier molecular flexibility index (Phi) is 6.24. The number of fused-ring (bicyclic) bond motifs is 1. The van der Waals surface area contributed by atoms with Crippen LogP contribution in [0.25, 0.3) is 10.9 Å². The Balaban J connectivity index is 1.58. The quantitative estimate of drug-likeness (QED) is 0.555. The zero-order valence-electron chi connectivity index (χ0n) is 20.0. The van der Waals surface area contributed by atoms with Crippen molar-refractivity contribution in [3.8, 4) is 0 Å². The fraction of sp³-hybridized carbons (Fsp3) is 0.462. The van der Waals surface area contributed by atoms with Crippen LogP contribution in [0, 0.1) is 33.6 Å². The lowest BCUT2D eigenvalue weighted by molar-refractivity contribution is -0.0507. The molecule has 3 heterocycles. The molecule has 6 heteroatoms. The fourth-order valence-electron chi connectivity index (χ4n) is 4.19. The molecule has 1 amide bonds. The summed E-state index contributed by atoms with van der Waals surface area (Å²) in [6, 6.07) is 8.24. The molecule has 0 radical (unpaired) electrons. The average Bonchev–Trinajstić information content (AvgIpc) is 3.00. The first-order valence-corrected chi connectivity index (χ1v) is 11.4. The van der Waals surface area contributed by atoms with Gasteiger partial charge >= 0.3 is 0 Å². The van der Waals surface area contributed by atoms with Crippen molar-refractivity contribution in [1.82, 2.24) is 14.9 Å². The van der Waals surface area contributed by atoms with E-state index in [0.717, 1.165) is 34.6 Å². The molecule has 0 bridgehead atoms. The highest BCUT2D eigenvalue weighted by Crippen LogP contribution is 2.29. The number of likely N-dealkylation sites (tertiary alicyclic amines) is 1. The molecule has 170 valence electrons. The standard InChI is InChI=1S/C26H34N4O2/c1-15(2)14-32-20-12-30(13-20)26(31)23-10-21-18(5)19(6)28-24(21)25(29-23)27-11-22-16(3)8-7-9-17(22)4/h7-10,15,20,28H,11-14H2,1-6H3,(H,27,29). The molecule has 0 unspecified atom stereocenters. The van der Waals surface area contributed by atoms with Crippen LogP contribution >= 0.6 is 0 Å². The van der Waals surface area contributed by atoms with Crippen molar-refractivity contribution in [1.29, 1.82) is 0 Å². The lowest BCUT2D eigenvalue weighted by atomic mass is 10.0. The lowest BCUT2D eigenvalue weighted by Crippen LogP contribution is -2.55. The number of carbonyl (C=O) groups excluding carboxylic acids is 1. The van der Waals surface area contributed by atoms with E-state index in [1.54, 1.807) is 0 Å². The van der Waals surface area contributed by atoms with Crippen molar-refractivity contribution in [2.24, 2.45) is 5.92 Å². The van der Waals surface area contributed by atoms with Gasteiger partial charge in [-0.2, -0.15) is 0 Å². The number of benzene rings is 1. The Morgan fingerprint density at radius 1 is 1.22 bits per heavy atom. The number of rotatable bonds is 7. The van der Waals surface area contributed by atoms with Crippen LogP contribution in [0.5, 0.6) is 0 Å². The largest absolute Gasteiger partial charge is 0.374 e. The maximum Gasteiger partial charge on any atom is 0.272 e. The monoisotopic (exact) mass is 434 g/mol. The first-order chi connectivity index (χ1) is 15.2. The molecule has 2 aromatic heterocycles. The van der Waals surface area contributed by atoms with Gasteiger partial charge in [-0.25, -0.2) is 4.98 Å². The van der Waals surface area contributed by atoms with Crippen LogP contribution in [0.2, 0.25) is 0 Å². The zero-order valence-corrected chi connectivity index (χ0v) is 20.0. The smallest absolute Gasteiger partial charge is 0.272 e. The minimum atomic E-state index is -0.0373. The van der Waals surface area contributed by atoms with Crippen molar-refractivity contribution in [2.75, 3.05) is 25.0 Å². The van der Waals surface area contributed by atoms with Crippen molar-refractivity contribution in [3.05, 3.63) is 57.9 Å². The molecular weight excluding hydrogens is 400 g/mol. The Labute approximate surface area is 190 Å². The molecule has 6 nitrogen and oxygen atoms in total. The van der Waals surface area contributed by atoms with E-state index in [4.69, 9.17) is 9.72 Å². The molecular formula is C26H34N4O2. The molecule has 2 N–H and O–H groups in total. The molecule has 1 aliphatic heterocycles. The van der Waals surface area contributed by atoms with Crippen molar-refractivity contribution < 1.29 is 9.53 Å². The van der Waals surface area contributed by atoms with Gasteiger partial charge in [0.15, 0.2) is 5.82 Å². The van der Waals surface area contributed by atoms with E-state index in [-0.39, 0.29) is 12.0 Å². The van der Waals surface area contributed by atoms with Crippen molar-refractivity contribution in [2.45, 2.75) is 54.2 Å². The zero-order chi connectivity index (χ0) is 23.0. The minimum Gasteiger partial charge on any atom is -0.374 e. The highest BCUT2D eigenvalue weighted by Gasteiger charge is 2.33. The van der Waals surface area contributed by atoms with Crippen molar-refractivity contribution >= 4 is 22.6 Å². The first kappa shape index (κ1) is 22.3. The van der Waals surface area contributed by atoms with Gasteiger partial charge in [0.25, 0.3) is 5.91 Å². The molecule has 3 aromatic rings. The number of anilines is 1. The number of aryl methyl sites for hydroxylation is 4. The summed E-state index contributed by atoms with van der Waals surface area (Å²) in [7, 11) is 0. The third kappa shape index (κ3) is 4.37. The first-order valence-electron chi connectivity index (χ1n) is 11.4. The topological polar surface area (TPSA) is 70.2 Å². The third-order valence-corrected chi connectivity index (χ3v) is 6.40. The summed E-state index contributed by atoms with van der Waals surface area (Å²) >= 11 is 0. The Hall–Kier alpha value is -2.86. The van der Waals surface area contributed by atoms with Crippen LogP contribution in [0.1, 0.15) is 52.3 Å². The number of ether oxygens (including phenoxy) is 1. The van der Waals surface area contributed by atoms with Gasteiger partial charge in [-0.1, -0.05) is 32.0 Å². The minimum absolute atomic E-state index is 0.0373. The van der Waals surface area contributed by atoms with Gasteiger partial charge in [-0.05, 0) is 61.9 Å². The summed E-state index contributed by atoms with van der Waals surface area (Å²) < 4.78 is 5.85. The predicted octanol–water partition coefficient (Wildman–Crippen LogP) is 4.91. The van der Waals surface area contributed by atoms with E-state index in [1.807, 2.05) is 11.0 Å². The normalized spacial score (nSPS) is 14.3. The summed E-state index contributed by atoms with van der Waals surface area (Å²) in [4.78, 5) is 23.2. The molecule has 1 aromatic carbocycles. The maximum atomic E-state index is 13.2. The van der Waals surface area contributed by atoms with Gasteiger partial charge < -0.3 is 19.9 Å². The van der Waals surface area contributed by atoms with Gasteiger partial charge in [0.1, 0.15) is 5.69 Å². The molecule has 0 spiro atoms. The van der Waals surface area contributed by atoms with E-state index >= 15 is 0 Å². The van der Waals surface area contributed by atoms with Crippen LogP contribution in [0.3, 0.4) is 0 Å². The highest BCUT2D eigenvalue weighted by molar-refractivity contribution is 6.01. The molecule has 0 saturated carbocycles. The van der Waals surface area contributed by atoms with E-state index in [9.17, 15) is 4.79 Å². The van der Waals surface area contributed by atoms with Gasteiger partial charge in [0.2, 0.25) is 0 Å². The average molecular weight is 435 g/mol. The number of aromatic nitrogens is 2. The number of amides is 1. The molecule has 32 heavy (non-hydrogen) atoms. The van der Waals surface area contributed by atoms with Gasteiger partial charge in [0, 0.05) is 37.3 Å². The van der Waals surface area contributed by atoms with E-state index in [1.165, 1.54) is 16.7 Å². The van der Waals surface area contributed by atoms with Crippen LogP contribution in [-0.4, -0.2) is 46.6 Å². The maximum absolute atomic E-state index is 13.2. The summed E-state index contributed by atoms with van der Waals surface area (Å²) in [6.07, 6.45) is 0.128. The molecule has 0 aliphatic carbocycles. The second-order valence-electron chi connectivity index (χ2n) is 9.44. The number of nitrogens with zero attached hydrogens (tertiary/aromatic N) is 2. The summed E-state index contributed by atoms with van der Waals surface area (Å²) in [5, 5.41) is 4.54. The Morgan fingerprint density at radius 3 is 2.56 bits per heavy atom. The molecule has 1 aliphatic rings. The van der Waals surface area contributed by atoms with Crippen LogP contribution in [-0.2, 0) is 11.3 Å². The number of H-pyrrole nitrogens is 1. The van der Waals surface area contributed by atoms with Gasteiger partial charge in [0.05, 0.1) is 11.6 Å². The summed E-state index contributed by atoms with van der Waals surface area (Å²) in [5.41, 5.74) is 7.41. The molecule has 1 fully saturated rings. The number of carbonyl (C=O) groups is 1. The summed E-state index contributed by atoms with van der Waals surface area (Å²) in [6.45, 7) is 15.3. The number of hydrogen-bond acceptors (Lipinski definition) is 4. The highest BCUT2D eigenvalue weighted by atomic mass is 16.5. The predicted molar refractivity (Wildman–Crippen MR) is 129 cm³/mol. The number of hydrogen-bond donors (Lipinski definition) is 2. The van der Waals surface area contributed by atoms with Crippen LogP contribution in [0.4, 0.5) is 5.82 Å². The van der Waals surface area contributed by atoms with Gasteiger partial charge in [-0.3, -0.25) is 4.79 Å². The number of aromatic amines is 1. The van der Waals surface area contributed by atoms with Crippen LogP contribution in [0.15, 0.2) is 24.3 Å². The second-order valence-corrected chi connectivity index (χ2v) is 9.44. The van der Waals surface area contributed by atoms with Gasteiger partial charge in [-0.15, -0.1) is 0 Å².